The molecule has 1 atom stereocenters. The van der Waals surface area contributed by atoms with Crippen LogP contribution in [0.2, 0.25) is 0 Å². The van der Waals surface area contributed by atoms with Crippen LogP contribution < -0.4 is 4.74 Å². The van der Waals surface area contributed by atoms with Crippen LogP contribution in [0.1, 0.15) is 32.3 Å². The molecule has 0 bridgehead atoms. The molecule has 1 unspecified atom stereocenters. The maximum Gasteiger partial charge on any atom is 0.344 e. The van der Waals surface area contributed by atoms with Crippen LogP contribution in [0.3, 0.4) is 0 Å². The van der Waals surface area contributed by atoms with Crippen molar-refractivity contribution < 1.29 is 19.4 Å². The van der Waals surface area contributed by atoms with Crippen LogP contribution in [0, 0.1) is 0 Å². The zero-order chi connectivity index (χ0) is 20.8. The van der Waals surface area contributed by atoms with Gasteiger partial charge in [-0.05, 0) is 48.4 Å². The maximum absolute atomic E-state index is 12.9. The predicted molar refractivity (Wildman–Crippen MR) is 116 cm³/mol. The highest BCUT2D eigenvalue weighted by Gasteiger charge is 2.33. The Labute approximate surface area is 177 Å². The van der Waals surface area contributed by atoms with E-state index < -0.39 is 12.1 Å². The average Bonchev–Trinajstić information content (AvgIpc) is 3.31. The van der Waals surface area contributed by atoms with Crippen molar-refractivity contribution in [3.05, 3.63) is 46.3 Å². The molecule has 1 aromatic carbocycles. The molecule has 1 amide bonds. The Kier molecular flexibility index (Phi) is 7.05. The number of amidine groups is 1. The molecule has 1 aliphatic rings. The molecule has 0 radical (unpaired) electrons. The zero-order valence-electron chi connectivity index (χ0n) is 16.1. The third-order valence-electron chi connectivity index (χ3n) is 4.03. The van der Waals surface area contributed by atoms with Gasteiger partial charge in [-0.25, -0.2) is 9.78 Å². The number of benzene rings is 1. The third kappa shape index (κ3) is 5.24. The van der Waals surface area contributed by atoms with Gasteiger partial charge in [0.1, 0.15) is 5.75 Å². The number of thioether (sulfide) groups is 1. The zero-order valence-corrected chi connectivity index (χ0v) is 17.7. The van der Waals surface area contributed by atoms with Crippen molar-refractivity contribution in [3.63, 3.8) is 0 Å². The molecule has 9 heteroatoms. The van der Waals surface area contributed by atoms with Gasteiger partial charge in [-0.3, -0.25) is 9.69 Å². The van der Waals surface area contributed by atoms with Gasteiger partial charge in [-0.2, -0.15) is 4.99 Å². The van der Waals surface area contributed by atoms with Crippen LogP contribution >= 0.6 is 23.1 Å². The number of amides is 1. The Balaban J connectivity index is 1.85. The monoisotopic (exact) mass is 431 g/mol. The Morgan fingerprint density at radius 1 is 1.41 bits per heavy atom. The molecule has 0 aliphatic carbocycles. The minimum Gasteiger partial charge on any atom is -0.479 e. The summed E-state index contributed by atoms with van der Waals surface area (Å²) < 4.78 is 5.55. The number of nitrogens with zero attached hydrogens (tertiary/aromatic N) is 3. The molecular weight excluding hydrogens is 410 g/mol. The van der Waals surface area contributed by atoms with Gasteiger partial charge in [0.25, 0.3) is 5.91 Å². The van der Waals surface area contributed by atoms with Crippen LogP contribution in [0.25, 0.3) is 6.08 Å². The van der Waals surface area contributed by atoms with E-state index in [1.165, 1.54) is 23.1 Å². The second-order valence-electron chi connectivity index (χ2n) is 6.20. The average molecular weight is 432 g/mol. The Morgan fingerprint density at radius 2 is 2.24 bits per heavy atom. The largest absolute Gasteiger partial charge is 0.479 e. The summed E-state index contributed by atoms with van der Waals surface area (Å²) in [5.74, 6) is -0.655. The van der Waals surface area contributed by atoms with E-state index in [-0.39, 0.29) is 5.91 Å². The molecule has 2 aromatic rings. The summed E-state index contributed by atoms with van der Waals surface area (Å²) in [6, 6.07) is 7.05. The van der Waals surface area contributed by atoms with Gasteiger partial charge in [0.2, 0.25) is 5.13 Å². The van der Waals surface area contributed by atoms with Crippen molar-refractivity contribution in [3.8, 4) is 5.75 Å². The molecule has 1 aromatic heterocycles. The Hall–Kier alpha value is -2.65. The molecule has 3 rings (SSSR count). The normalized spacial score (nSPS) is 17.9. The smallest absolute Gasteiger partial charge is 0.344 e. The first-order valence-corrected chi connectivity index (χ1v) is 10.9. The van der Waals surface area contributed by atoms with Gasteiger partial charge < -0.3 is 9.84 Å². The molecule has 29 heavy (non-hydrogen) atoms. The van der Waals surface area contributed by atoms with E-state index in [0.29, 0.717) is 33.9 Å². The van der Waals surface area contributed by atoms with E-state index in [1.54, 1.807) is 42.3 Å². The summed E-state index contributed by atoms with van der Waals surface area (Å²) in [4.78, 5) is 35.0. The first kappa shape index (κ1) is 21.1. The summed E-state index contributed by atoms with van der Waals surface area (Å²) in [7, 11) is 0. The summed E-state index contributed by atoms with van der Waals surface area (Å²) in [5, 5.41) is 12.2. The van der Waals surface area contributed by atoms with Crippen LogP contribution in [0.5, 0.6) is 5.75 Å². The summed E-state index contributed by atoms with van der Waals surface area (Å²) in [6.45, 7) is 4.34. The van der Waals surface area contributed by atoms with Crippen molar-refractivity contribution in [1.82, 2.24) is 9.88 Å². The molecule has 1 N–H and O–H groups in total. The molecule has 7 nitrogen and oxygen atoms in total. The standard InChI is InChI=1S/C20H21N3O4S2/c1-3-9-23-17(24)16(29-20(23)22-19-21-8-10-28-19)12-13-6-5-7-14(11-13)27-15(4-2)18(25)26/h5-8,10-12,15H,3-4,9H2,1-2H3,(H,25,26)/b16-12+,22-20+. The lowest BCUT2D eigenvalue weighted by molar-refractivity contribution is -0.145. The van der Waals surface area contributed by atoms with Crippen LogP contribution in [-0.2, 0) is 9.59 Å². The van der Waals surface area contributed by atoms with Crippen molar-refractivity contribution in [2.24, 2.45) is 4.99 Å². The van der Waals surface area contributed by atoms with Crippen molar-refractivity contribution in [2.45, 2.75) is 32.8 Å². The topological polar surface area (TPSA) is 92.1 Å². The summed E-state index contributed by atoms with van der Waals surface area (Å²) in [6.07, 6.45) is 3.72. The molecule has 0 saturated carbocycles. The number of carboxylic acid groups (broad SMARTS) is 1. The molecule has 0 spiro atoms. The minimum atomic E-state index is -1.00. The highest BCUT2D eigenvalue weighted by Crippen LogP contribution is 2.35. The Bertz CT molecular complexity index is 941. The van der Waals surface area contributed by atoms with E-state index in [2.05, 4.69) is 9.98 Å². The number of carbonyl (C=O) groups excluding carboxylic acids is 1. The number of thiazole rings is 1. The number of carboxylic acids is 1. The highest BCUT2D eigenvalue weighted by atomic mass is 32.2. The van der Waals surface area contributed by atoms with Gasteiger partial charge in [0, 0.05) is 18.1 Å². The van der Waals surface area contributed by atoms with E-state index in [9.17, 15) is 14.7 Å². The number of carbonyl (C=O) groups is 2. The molecule has 1 saturated heterocycles. The van der Waals surface area contributed by atoms with E-state index >= 15 is 0 Å². The molecule has 2 heterocycles. The van der Waals surface area contributed by atoms with Crippen LogP contribution in [0.15, 0.2) is 45.7 Å². The lowest BCUT2D eigenvalue weighted by Gasteiger charge is -2.13. The molecule has 1 aliphatic heterocycles. The minimum absolute atomic E-state index is 0.101. The van der Waals surface area contributed by atoms with Crippen molar-refractivity contribution in [1.29, 1.82) is 0 Å². The van der Waals surface area contributed by atoms with Gasteiger partial charge in [0.05, 0.1) is 4.91 Å². The molecule has 1 fully saturated rings. The fraction of sp³-hybridized carbons (Fsp3) is 0.300. The number of aromatic nitrogens is 1. The first-order valence-electron chi connectivity index (χ1n) is 9.21. The van der Waals surface area contributed by atoms with Crippen LogP contribution in [-0.4, -0.2) is 44.7 Å². The molecular formula is C20H21N3O4S2. The number of ether oxygens (including phenoxy) is 1. The predicted octanol–water partition coefficient (Wildman–Crippen LogP) is 4.40. The van der Waals surface area contributed by atoms with Gasteiger partial charge in [-0.1, -0.05) is 26.0 Å². The summed E-state index contributed by atoms with van der Waals surface area (Å²) in [5.41, 5.74) is 0.755. The second kappa shape index (κ2) is 9.71. The van der Waals surface area contributed by atoms with E-state index in [1.807, 2.05) is 18.4 Å². The maximum atomic E-state index is 12.9. The fourth-order valence-electron chi connectivity index (χ4n) is 2.67. The lowest BCUT2D eigenvalue weighted by atomic mass is 10.2. The van der Waals surface area contributed by atoms with Crippen LogP contribution in [0.4, 0.5) is 5.13 Å². The van der Waals surface area contributed by atoms with Crippen molar-refractivity contribution in [2.75, 3.05) is 6.54 Å². The molecule has 152 valence electrons. The second-order valence-corrected chi connectivity index (χ2v) is 8.08. The number of hydrogen-bond donors (Lipinski definition) is 1. The number of aliphatic imine (C=N–C) groups is 1. The van der Waals surface area contributed by atoms with Gasteiger partial charge >= 0.3 is 5.97 Å². The van der Waals surface area contributed by atoms with Gasteiger partial charge in [-0.15, -0.1) is 11.3 Å². The van der Waals surface area contributed by atoms with E-state index in [0.717, 1.165) is 12.0 Å². The highest BCUT2D eigenvalue weighted by molar-refractivity contribution is 8.18. The summed E-state index contributed by atoms with van der Waals surface area (Å²) >= 11 is 2.72. The van der Waals surface area contributed by atoms with Crippen molar-refractivity contribution >= 4 is 51.4 Å². The first-order chi connectivity index (χ1) is 14.0. The Morgan fingerprint density at radius 3 is 2.90 bits per heavy atom. The SMILES string of the molecule is CCCN1C(=O)/C(=C\c2cccc(OC(CC)C(=O)O)c2)S/C1=N/c1nccs1. The quantitative estimate of drug-likeness (QED) is 0.623. The lowest BCUT2D eigenvalue weighted by Crippen LogP contribution is -2.29. The fourth-order valence-corrected chi connectivity index (χ4v) is 4.23. The van der Waals surface area contributed by atoms with Gasteiger partial charge in [0.15, 0.2) is 11.3 Å². The number of rotatable bonds is 8. The number of hydrogen-bond acceptors (Lipinski definition) is 7. The van der Waals surface area contributed by atoms with E-state index in [4.69, 9.17) is 4.74 Å². The third-order valence-corrected chi connectivity index (χ3v) is 5.70. The number of aliphatic carboxylic acids is 1.